The molecular weight excluding hydrogens is 224 g/mol. The summed E-state index contributed by atoms with van der Waals surface area (Å²) in [6.07, 6.45) is 0. The second-order valence-electron chi connectivity index (χ2n) is 3.93. The second kappa shape index (κ2) is 4.84. The monoisotopic (exact) mass is 236 g/mol. The Labute approximate surface area is 105 Å². The van der Waals surface area contributed by atoms with Crippen LogP contribution in [0.15, 0.2) is 70.6 Å². The normalized spacial score (nSPS) is 16.4. The Morgan fingerprint density at radius 3 is 2.28 bits per heavy atom. The molecule has 0 saturated carbocycles. The van der Waals surface area contributed by atoms with E-state index in [4.69, 9.17) is 4.74 Å². The van der Waals surface area contributed by atoms with Gasteiger partial charge < -0.3 is 4.74 Å². The van der Waals surface area contributed by atoms with Gasteiger partial charge in [0.25, 0.3) is 0 Å². The smallest absolute Gasteiger partial charge is 0.224 e. The number of aliphatic imine (C=N–C) groups is 2. The van der Waals surface area contributed by atoms with Gasteiger partial charge in [-0.05, 0) is 24.3 Å². The Morgan fingerprint density at radius 2 is 1.56 bits per heavy atom. The Bertz CT molecular complexity index is 588. The first kappa shape index (κ1) is 10.7. The maximum absolute atomic E-state index is 5.65. The molecule has 0 aliphatic carbocycles. The average molecular weight is 236 g/mol. The van der Waals surface area contributed by atoms with Gasteiger partial charge in [0.1, 0.15) is 6.54 Å². The largest absolute Gasteiger partial charge is 0.422 e. The molecule has 0 saturated heterocycles. The highest BCUT2D eigenvalue weighted by atomic mass is 16.5. The van der Waals surface area contributed by atoms with Crippen LogP contribution in [-0.2, 0) is 4.74 Å². The quantitative estimate of drug-likeness (QED) is 0.788. The van der Waals surface area contributed by atoms with Crippen molar-refractivity contribution in [1.82, 2.24) is 0 Å². The molecular formula is C15H12N2O. The molecule has 2 aromatic rings. The van der Waals surface area contributed by atoms with E-state index in [2.05, 4.69) is 9.98 Å². The summed E-state index contributed by atoms with van der Waals surface area (Å²) >= 11 is 0. The van der Waals surface area contributed by atoms with E-state index in [9.17, 15) is 0 Å². The van der Waals surface area contributed by atoms with Crippen molar-refractivity contribution in [1.29, 1.82) is 0 Å². The van der Waals surface area contributed by atoms with Crippen LogP contribution in [0.3, 0.4) is 0 Å². The molecule has 0 fully saturated rings. The fourth-order valence-corrected chi connectivity index (χ4v) is 1.75. The molecule has 3 nitrogen and oxygen atoms in total. The first-order chi connectivity index (χ1) is 8.92. The topological polar surface area (TPSA) is 34.0 Å². The third-order valence-electron chi connectivity index (χ3n) is 2.60. The summed E-state index contributed by atoms with van der Waals surface area (Å²) in [5.41, 5.74) is 1.87. The molecule has 0 N–H and O–H groups in total. The van der Waals surface area contributed by atoms with Gasteiger partial charge in [0.15, 0.2) is 0 Å². The predicted molar refractivity (Wildman–Crippen MR) is 72.5 cm³/mol. The van der Waals surface area contributed by atoms with Crippen LogP contribution in [0.1, 0.15) is 5.56 Å². The molecule has 3 heteroatoms. The van der Waals surface area contributed by atoms with Crippen molar-refractivity contribution < 1.29 is 4.74 Å². The third-order valence-corrected chi connectivity index (χ3v) is 2.60. The lowest BCUT2D eigenvalue weighted by atomic mass is 10.2. The van der Waals surface area contributed by atoms with Gasteiger partial charge in [0.2, 0.25) is 11.8 Å². The van der Waals surface area contributed by atoms with Gasteiger partial charge in [0, 0.05) is 5.56 Å². The zero-order valence-electron chi connectivity index (χ0n) is 9.78. The van der Waals surface area contributed by atoms with E-state index in [-0.39, 0.29) is 0 Å². The number of ether oxygens (including phenoxy) is 1. The van der Waals surface area contributed by atoms with Crippen molar-refractivity contribution in [2.45, 2.75) is 0 Å². The highest BCUT2D eigenvalue weighted by molar-refractivity contribution is 6.06. The minimum Gasteiger partial charge on any atom is -0.422 e. The molecule has 0 spiro atoms. The van der Waals surface area contributed by atoms with Gasteiger partial charge in [-0.25, -0.2) is 9.98 Å². The van der Waals surface area contributed by atoms with Gasteiger partial charge in [-0.15, -0.1) is 0 Å². The summed E-state index contributed by atoms with van der Waals surface area (Å²) in [7, 11) is 0. The van der Waals surface area contributed by atoms with E-state index >= 15 is 0 Å². The Hall–Kier alpha value is -2.42. The van der Waals surface area contributed by atoms with E-state index < -0.39 is 0 Å². The van der Waals surface area contributed by atoms with Crippen LogP contribution in [0.4, 0.5) is 5.69 Å². The van der Waals surface area contributed by atoms with Crippen LogP contribution in [0.2, 0.25) is 0 Å². The summed E-state index contributed by atoms with van der Waals surface area (Å²) in [5, 5.41) is 0. The van der Waals surface area contributed by atoms with Crippen molar-refractivity contribution >= 4 is 17.5 Å². The summed E-state index contributed by atoms with van der Waals surface area (Å²) in [6.45, 7) is 0.499. The number of benzene rings is 2. The molecule has 1 heterocycles. The highest BCUT2D eigenvalue weighted by Crippen LogP contribution is 2.14. The summed E-state index contributed by atoms with van der Waals surface area (Å²) in [6, 6.07) is 19.6. The zero-order valence-corrected chi connectivity index (χ0v) is 9.78. The van der Waals surface area contributed by atoms with Crippen LogP contribution >= 0.6 is 0 Å². The molecule has 0 aromatic heterocycles. The minimum absolute atomic E-state index is 0.499. The minimum atomic E-state index is 0.499. The highest BCUT2D eigenvalue weighted by Gasteiger charge is 2.16. The fourth-order valence-electron chi connectivity index (χ4n) is 1.75. The van der Waals surface area contributed by atoms with Crippen LogP contribution < -0.4 is 0 Å². The zero-order chi connectivity index (χ0) is 12.2. The molecule has 0 bridgehead atoms. The SMILES string of the molecule is c1ccc(N=C2CN=C(c3ccccc3)O2)cc1. The molecule has 0 radical (unpaired) electrons. The van der Waals surface area contributed by atoms with Crippen molar-refractivity contribution in [3.63, 3.8) is 0 Å². The molecule has 3 rings (SSSR count). The van der Waals surface area contributed by atoms with Crippen molar-refractivity contribution in [3.05, 3.63) is 66.2 Å². The van der Waals surface area contributed by atoms with Gasteiger partial charge in [-0.3, -0.25) is 0 Å². The molecule has 1 aliphatic heterocycles. The summed E-state index contributed by atoms with van der Waals surface area (Å²) in [5.74, 6) is 1.28. The molecule has 88 valence electrons. The Morgan fingerprint density at radius 1 is 0.889 bits per heavy atom. The third kappa shape index (κ3) is 2.30. The number of rotatable bonds is 2. The first-order valence-corrected chi connectivity index (χ1v) is 5.82. The predicted octanol–water partition coefficient (Wildman–Crippen LogP) is 3.19. The van der Waals surface area contributed by atoms with Crippen LogP contribution in [-0.4, -0.2) is 18.3 Å². The second-order valence-corrected chi connectivity index (χ2v) is 3.93. The van der Waals surface area contributed by atoms with E-state index in [0.29, 0.717) is 18.3 Å². The van der Waals surface area contributed by atoms with Crippen molar-refractivity contribution in [3.8, 4) is 0 Å². The maximum Gasteiger partial charge on any atom is 0.224 e. The summed E-state index contributed by atoms with van der Waals surface area (Å²) < 4.78 is 5.65. The van der Waals surface area contributed by atoms with Crippen LogP contribution in [0.5, 0.6) is 0 Å². The molecule has 2 aromatic carbocycles. The number of hydrogen-bond donors (Lipinski definition) is 0. The molecule has 0 amide bonds. The first-order valence-electron chi connectivity index (χ1n) is 5.82. The van der Waals surface area contributed by atoms with Crippen molar-refractivity contribution in [2.75, 3.05) is 6.54 Å². The number of para-hydroxylation sites is 1. The number of hydrogen-bond acceptors (Lipinski definition) is 3. The van der Waals surface area contributed by atoms with Crippen molar-refractivity contribution in [2.24, 2.45) is 9.98 Å². The van der Waals surface area contributed by atoms with Gasteiger partial charge in [-0.1, -0.05) is 36.4 Å². The van der Waals surface area contributed by atoms with Gasteiger partial charge >= 0.3 is 0 Å². The lowest BCUT2D eigenvalue weighted by Crippen LogP contribution is -2.06. The van der Waals surface area contributed by atoms with E-state index in [0.717, 1.165) is 11.3 Å². The average Bonchev–Trinajstić information content (AvgIpc) is 2.89. The number of nitrogens with zero attached hydrogens (tertiary/aromatic N) is 2. The van der Waals surface area contributed by atoms with Crippen LogP contribution in [0.25, 0.3) is 0 Å². The molecule has 0 atom stereocenters. The van der Waals surface area contributed by atoms with E-state index in [1.165, 1.54) is 0 Å². The lowest BCUT2D eigenvalue weighted by molar-refractivity contribution is 0.562. The Kier molecular flexibility index (Phi) is 2.88. The van der Waals surface area contributed by atoms with Gasteiger partial charge in [0.05, 0.1) is 5.69 Å². The lowest BCUT2D eigenvalue weighted by Gasteiger charge is -2.01. The maximum atomic E-state index is 5.65. The molecule has 18 heavy (non-hydrogen) atoms. The standard InChI is InChI=1S/C15H12N2O/c1-3-7-12(8-4-1)15-16-11-14(18-15)17-13-9-5-2-6-10-13/h1-10H,11H2. The molecule has 1 aliphatic rings. The van der Waals surface area contributed by atoms with Gasteiger partial charge in [-0.2, -0.15) is 0 Å². The van der Waals surface area contributed by atoms with Crippen LogP contribution in [0, 0.1) is 0 Å². The van der Waals surface area contributed by atoms with E-state index in [1.807, 2.05) is 60.7 Å². The molecule has 0 unspecified atom stereocenters. The summed E-state index contributed by atoms with van der Waals surface area (Å²) in [4.78, 5) is 8.76. The fraction of sp³-hybridized carbons (Fsp3) is 0.0667. The Balaban J connectivity index is 1.77. The van der Waals surface area contributed by atoms with E-state index in [1.54, 1.807) is 0 Å².